The molecule has 1 aliphatic carbocycles. The zero-order valence-corrected chi connectivity index (χ0v) is 15.7. The number of pyridine rings is 1. The minimum absolute atomic E-state index is 0.00749. The fourth-order valence-corrected chi connectivity index (χ4v) is 3.45. The Bertz CT molecular complexity index is 1030. The predicted molar refractivity (Wildman–Crippen MR) is 105 cm³/mol. The van der Waals surface area contributed by atoms with Gasteiger partial charge in [-0.3, -0.25) is 19.4 Å². The van der Waals surface area contributed by atoms with Crippen LogP contribution in [0.4, 0.5) is 0 Å². The third kappa shape index (κ3) is 3.65. The number of hydrogen-bond donors (Lipinski definition) is 2. The lowest BCUT2D eigenvalue weighted by atomic mass is 10.0. The molecule has 2 aromatic heterocycles. The van der Waals surface area contributed by atoms with E-state index in [2.05, 4.69) is 27.5 Å². The van der Waals surface area contributed by atoms with Gasteiger partial charge in [0.05, 0.1) is 10.9 Å². The van der Waals surface area contributed by atoms with Crippen molar-refractivity contribution in [1.82, 2.24) is 20.1 Å². The summed E-state index contributed by atoms with van der Waals surface area (Å²) in [5, 5.41) is 6.14. The highest BCUT2D eigenvalue weighted by Crippen LogP contribution is 2.39. The number of benzene rings is 1. The fraction of sp³-hybridized carbons (Fsp3) is 0.381. The van der Waals surface area contributed by atoms with Crippen LogP contribution in [0.25, 0.3) is 11.0 Å². The molecule has 2 heterocycles. The highest BCUT2D eigenvalue weighted by atomic mass is 16.2. The number of carbonyl (C=O) groups is 1. The van der Waals surface area contributed by atoms with Crippen molar-refractivity contribution in [2.45, 2.75) is 44.6 Å². The molecule has 3 aromatic rings. The van der Waals surface area contributed by atoms with Gasteiger partial charge in [-0.1, -0.05) is 30.3 Å². The van der Waals surface area contributed by atoms with Crippen molar-refractivity contribution >= 4 is 16.9 Å². The normalized spacial score (nSPS) is 15.0. The summed E-state index contributed by atoms with van der Waals surface area (Å²) in [6.45, 7) is 2.00. The van der Waals surface area contributed by atoms with Crippen molar-refractivity contribution in [3.8, 4) is 0 Å². The van der Waals surface area contributed by atoms with Gasteiger partial charge in [-0.05, 0) is 44.2 Å². The number of aryl methyl sites for hydroxylation is 2. The molecule has 1 aromatic carbocycles. The van der Waals surface area contributed by atoms with E-state index < -0.39 is 0 Å². The van der Waals surface area contributed by atoms with Crippen LogP contribution in [0.1, 0.15) is 53.7 Å². The van der Waals surface area contributed by atoms with E-state index in [0.29, 0.717) is 22.5 Å². The number of fused-ring (bicyclic) bond motifs is 1. The number of nitrogens with one attached hydrogen (secondary N) is 2. The SMILES string of the molecule is C[C@@H](CCc1ccccc1)NC(=O)c1cc(C2CC2)nc2c1c(=O)[nH]n2C. The Labute approximate surface area is 157 Å². The van der Waals surface area contributed by atoms with Gasteiger partial charge in [-0.2, -0.15) is 0 Å². The van der Waals surface area contributed by atoms with Gasteiger partial charge in [-0.25, -0.2) is 4.98 Å². The minimum Gasteiger partial charge on any atom is -0.350 e. The summed E-state index contributed by atoms with van der Waals surface area (Å²) in [5.74, 6) is 0.197. The molecule has 4 rings (SSSR count). The molecular weight excluding hydrogens is 340 g/mol. The van der Waals surface area contributed by atoms with Crippen molar-refractivity contribution in [3.05, 3.63) is 63.6 Å². The molecule has 0 spiro atoms. The van der Waals surface area contributed by atoms with Crippen molar-refractivity contribution in [3.63, 3.8) is 0 Å². The first-order chi connectivity index (χ1) is 13.0. The molecular formula is C21H24N4O2. The molecule has 6 nitrogen and oxygen atoms in total. The molecule has 6 heteroatoms. The van der Waals surface area contributed by atoms with Crippen LogP contribution < -0.4 is 10.9 Å². The first-order valence-electron chi connectivity index (χ1n) is 9.47. The molecule has 1 atom stereocenters. The molecule has 0 bridgehead atoms. The van der Waals surface area contributed by atoms with Gasteiger partial charge in [-0.15, -0.1) is 0 Å². The van der Waals surface area contributed by atoms with E-state index in [1.54, 1.807) is 17.8 Å². The number of H-pyrrole nitrogens is 1. The van der Waals surface area contributed by atoms with Crippen LogP contribution in [0, 0.1) is 0 Å². The monoisotopic (exact) mass is 364 g/mol. The van der Waals surface area contributed by atoms with Crippen LogP contribution in [-0.4, -0.2) is 26.7 Å². The largest absolute Gasteiger partial charge is 0.350 e. The lowest BCUT2D eigenvalue weighted by Crippen LogP contribution is -2.33. The quantitative estimate of drug-likeness (QED) is 0.706. The predicted octanol–water partition coefficient (Wildman–Crippen LogP) is 2.89. The van der Waals surface area contributed by atoms with E-state index in [0.717, 1.165) is 31.4 Å². The second-order valence-electron chi connectivity index (χ2n) is 7.47. The maximum atomic E-state index is 12.9. The van der Waals surface area contributed by atoms with Crippen molar-refractivity contribution in [1.29, 1.82) is 0 Å². The molecule has 1 aliphatic rings. The van der Waals surface area contributed by atoms with Gasteiger partial charge in [0.15, 0.2) is 5.65 Å². The van der Waals surface area contributed by atoms with Crippen LogP contribution in [0.5, 0.6) is 0 Å². The zero-order chi connectivity index (χ0) is 19.0. The Hall–Kier alpha value is -2.89. The molecule has 1 fully saturated rings. The van der Waals surface area contributed by atoms with E-state index in [9.17, 15) is 9.59 Å². The van der Waals surface area contributed by atoms with Crippen molar-refractivity contribution in [2.75, 3.05) is 0 Å². The number of carbonyl (C=O) groups excluding carboxylic acids is 1. The summed E-state index contributed by atoms with van der Waals surface area (Å²) in [7, 11) is 1.75. The third-order valence-electron chi connectivity index (χ3n) is 5.16. The Balaban J connectivity index is 1.55. The lowest BCUT2D eigenvalue weighted by Gasteiger charge is -2.15. The number of hydrogen-bond acceptors (Lipinski definition) is 3. The lowest BCUT2D eigenvalue weighted by molar-refractivity contribution is 0.0940. The van der Waals surface area contributed by atoms with Gasteiger partial charge < -0.3 is 5.32 Å². The summed E-state index contributed by atoms with van der Waals surface area (Å²) in [6, 6.07) is 12.0. The molecule has 0 unspecified atom stereocenters. The van der Waals surface area contributed by atoms with Crippen LogP contribution in [0.2, 0.25) is 0 Å². The average Bonchev–Trinajstić information content (AvgIpc) is 3.47. The standard InChI is InChI=1S/C21H24N4O2/c1-13(8-9-14-6-4-3-5-7-14)22-20(26)16-12-17(15-10-11-15)23-19-18(16)21(27)24-25(19)2/h3-7,12-13,15H,8-11H2,1-2H3,(H,22,26)(H,24,27)/t13-/m0/s1. The molecule has 1 amide bonds. The Morgan fingerprint density at radius 1 is 1.33 bits per heavy atom. The summed E-state index contributed by atoms with van der Waals surface area (Å²) in [6.07, 6.45) is 3.91. The van der Waals surface area contributed by atoms with Gasteiger partial charge in [0.1, 0.15) is 0 Å². The van der Waals surface area contributed by atoms with E-state index in [4.69, 9.17) is 0 Å². The van der Waals surface area contributed by atoms with E-state index in [-0.39, 0.29) is 17.5 Å². The number of aromatic nitrogens is 3. The first-order valence-corrected chi connectivity index (χ1v) is 9.47. The summed E-state index contributed by atoms with van der Waals surface area (Å²) in [5.41, 5.74) is 2.85. The number of nitrogens with zero attached hydrogens (tertiary/aromatic N) is 2. The number of amides is 1. The average molecular weight is 364 g/mol. The van der Waals surface area contributed by atoms with Crippen LogP contribution >= 0.6 is 0 Å². The highest BCUT2D eigenvalue weighted by Gasteiger charge is 2.28. The van der Waals surface area contributed by atoms with E-state index in [1.165, 1.54) is 5.56 Å². The zero-order valence-electron chi connectivity index (χ0n) is 15.7. The highest BCUT2D eigenvalue weighted by molar-refractivity contribution is 6.05. The smallest absolute Gasteiger partial charge is 0.274 e. The van der Waals surface area contributed by atoms with Crippen molar-refractivity contribution in [2.24, 2.45) is 7.05 Å². The Kier molecular flexibility index (Phi) is 4.56. The summed E-state index contributed by atoms with van der Waals surface area (Å²) >= 11 is 0. The third-order valence-corrected chi connectivity index (χ3v) is 5.16. The topological polar surface area (TPSA) is 79.8 Å². The van der Waals surface area contributed by atoms with Gasteiger partial charge in [0, 0.05) is 24.7 Å². The second kappa shape index (κ2) is 7.02. The molecule has 0 radical (unpaired) electrons. The van der Waals surface area contributed by atoms with Crippen LogP contribution in [0.3, 0.4) is 0 Å². The van der Waals surface area contributed by atoms with E-state index in [1.807, 2.05) is 25.1 Å². The maximum Gasteiger partial charge on any atom is 0.274 e. The van der Waals surface area contributed by atoms with Gasteiger partial charge in [0.2, 0.25) is 0 Å². The molecule has 140 valence electrons. The van der Waals surface area contributed by atoms with Crippen LogP contribution in [-0.2, 0) is 13.5 Å². The molecule has 0 saturated heterocycles. The summed E-state index contributed by atoms with van der Waals surface area (Å²) < 4.78 is 1.60. The second-order valence-corrected chi connectivity index (χ2v) is 7.47. The summed E-state index contributed by atoms with van der Waals surface area (Å²) in [4.78, 5) is 29.9. The fourth-order valence-electron chi connectivity index (χ4n) is 3.45. The molecule has 2 N–H and O–H groups in total. The van der Waals surface area contributed by atoms with Gasteiger partial charge >= 0.3 is 0 Å². The van der Waals surface area contributed by atoms with E-state index >= 15 is 0 Å². The Morgan fingerprint density at radius 2 is 2.07 bits per heavy atom. The Morgan fingerprint density at radius 3 is 2.78 bits per heavy atom. The molecule has 27 heavy (non-hydrogen) atoms. The maximum absolute atomic E-state index is 12.9. The minimum atomic E-state index is -0.274. The number of aromatic amines is 1. The molecule has 1 saturated carbocycles. The van der Waals surface area contributed by atoms with Gasteiger partial charge in [0.25, 0.3) is 11.5 Å². The van der Waals surface area contributed by atoms with Crippen molar-refractivity contribution < 1.29 is 4.79 Å². The first kappa shape index (κ1) is 17.5. The van der Waals surface area contributed by atoms with Crippen LogP contribution in [0.15, 0.2) is 41.2 Å². The molecule has 0 aliphatic heterocycles. The number of rotatable bonds is 6.